The molecule has 0 unspecified atom stereocenters. The first-order valence-corrected chi connectivity index (χ1v) is 19.1. The second kappa shape index (κ2) is 19.4. The van der Waals surface area contributed by atoms with Gasteiger partial charge in [-0.15, -0.1) is 10.6 Å². The molecule has 0 heterocycles. The van der Waals surface area contributed by atoms with Gasteiger partial charge < -0.3 is 0 Å². The molecule has 0 fully saturated rings. The average molecular weight is 455 g/mol. The molecule has 0 atom stereocenters. The Morgan fingerprint density at radius 2 is 1.27 bits per heavy atom. The van der Waals surface area contributed by atoms with Crippen LogP contribution in [0, 0.1) is 0 Å². The predicted molar refractivity (Wildman–Crippen MR) is 151 cm³/mol. The third-order valence-corrected chi connectivity index (χ3v) is 15.9. The van der Waals surface area contributed by atoms with Crippen molar-refractivity contribution in [1.29, 1.82) is 0 Å². The predicted octanol–water partition coefficient (Wildman–Crippen LogP) is 3.11. The molecule has 0 N–H and O–H groups in total. The van der Waals surface area contributed by atoms with Gasteiger partial charge in [-0.3, -0.25) is 0 Å². The van der Waals surface area contributed by atoms with E-state index in [-0.39, 0.29) is 0 Å². The van der Waals surface area contributed by atoms with Crippen molar-refractivity contribution in [3.05, 3.63) is 0 Å². The molecule has 17 heteroatoms. The third kappa shape index (κ3) is 15.9. The highest BCUT2D eigenvalue weighted by Crippen LogP contribution is 2.36. The highest BCUT2D eigenvalue weighted by atomic mass is 33.5. The lowest BCUT2D eigenvalue weighted by Gasteiger charge is -2.14. The van der Waals surface area contributed by atoms with Crippen molar-refractivity contribution in [1.82, 2.24) is 0 Å². The summed E-state index contributed by atoms with van der Waals surface area (Å²) in [6, 6.07) is 0. The van der Waals surface area contributed by atoms with Gasteiger partial charge in [-0.2, -0.15) is 21.3 Å². The van der Waals surface area contributed by atoms with Crippen LogP contribution in [-0.2, 0) is 0 Å². The smallest absolute Gasteiger partial charge is 0.155 e. The largest absolute Gasteiger partial charge is 0.176 e. The molecule has 118 valence electrons. The van der Waals surface area contributed by atoms with E-state index in [1.165, 1.54) is 35.4 Å². The first-order chi connectivity index (χ1) is 10.7. The summed E-state index contributed by atoms with van der Waals surface area (Å²) in [7, 11) is 24.4. The van der Waals surface area contributed by atoms with Crippen molar-refractivity contribution >= 4 is 147 Å². The molecule has 0 rings (SSSR count). The van der Waals surface area contributed by atoms with Crippen molar-refractivity contribution < 1.29 is 0 Å². The van der Waals surface area contributed by atoms with E-state index in [1.807, 2.05) is 72.5 Å². The minimum Gasteiger partial charge on any atom is -0.155 e. The van der Waals surface area contributed by atoms with Gasteiger partial charge >= 0.3 is 0 Å². The van der Waals surface area contributed by atoms with E-state index in [4.69, 9.17) is 0 Å². The minimum atomic E-state index is 0.777. The van der Waals surface area contributed by atoms with Gasteiger partial charge in [0.25, 0.3) is 0 Å². The molecule has 0 aromatic rings. The van der Waals surface area contributed by atoms with Crippen molar-refractivity contribution in [2.24, 2.45) is 0 Å². The molecular formula is C5H20B8S9. The summed E-state index contributed by atoms with van der Waals surface area (Å²) in [5, 5.41) is 0. The monoisotopic (exact) mass is 456 g/mol. The molecule has 0 aliphatic rings. The van der Waals surface area contributed by atoms with Gasteiger partial charge in [-0.05, 0) is 48.2 Å². The van der Waals surface area contributed by atoms with E-state index in [1.54, 1.807) is 0 Å². The Labute approximate surface area is 177 Å². The van der Waals surface area contributed by atoms with Gasteiger partial charge in [0, 0.05) is 7.06 Å². The third-order valence-electron chi connectivity index (χ3n) is 2.88. The lowest BCUT2D eigenvalue weighted by molar-refractivity contribution is 2.35. The van der Waals surface area contributed by atoms with Gasteiger partial charge in [0.2, 0.25) is 0 Å². The highest BCUT2D eigenvalue weighted by Gasteiger charge is 2.25. The van der Waals surface area contributed by atoms with Crippen LogP contribution < -0.4 is 0 Å². The number of rotatable bonds is 16. The molecule has 0 aromatic heterocycles. The summed E-state index contributed by atoms with van der Waals surface area (Å²) < 4.78 is 0. The van der Waals surface area contributed by atoms with E-state index >= 15 is 0 Å². The van der Waals surface area contributed by atoms with E-state index in [2.05, 4.69) is 53.7 Å². The van der Waals surface area contributed by atoms with Crippen LogP contribution in [0.2, 0.25) is 13.6 Å². The lowest BCUT2D eigenvalue weighted by Crippen LogP contribution is -2.43. The van der Waals surface area contributed by atoms with Crippen molar-refractivity contribution in [3.63, 3.8) is 0 Å². The molecule has 0 aromatic carbocycles. The Morgan fingerprint density at radius 3 is 1.82 bits per heavy atom. The zero-order valence-electron chi connectivity index (χ0n) is 13.9. The Bertz CT molecular complexity index is 242. The summed E-state index contributed by atoms with van der Waals surface area (Å²) >= 11 is 0. The van der Waals surface area contributed by atoms with Gasteiger partial charge in [-0.25, -0.2) is 0 Å². The fraction of sp³-hybridized carbons (Fsp3) is 1.00. The molecule has 0 saturated heterocycles. The zero-order chi connectivity index (χ0) is 16.6. The molecule has 0 amide bonds. The van der Waals surface area contributed by atoms with Crippen molar-refractivity contribution in [2.75, 3.05) is 18.8 Å². The normalized spacial score (nSPS) is 9.86. The van der Waals surface area contributed by atoms with E-state index in [0.717, 1.165) is 17.4 Å². The van der Waals surface area contributed by atoms with Crippen LogP contribution in [0.4, 0.5) is 0 Å². The SMILES string of the molecule is CBB(BB(BBBB(C)SSSC)SSSC)SSSC. The standard InChI is InChI=1S/C5H20B8S9/c1-6-12(18-21-15-4)10-13(19-22-16-5)9-7-8-11(2)17-20-14-3/h6-10H,1-5H3. The fourth-order valence-corrected chi connectivity index (χ4v) is 12.3. The zero-order valence-corrected chi connectivity index (χ0v) is 21.3. The molecule has 0 radical (unpaired) electrons. The Hall–Kier alpha value is 3.67. The van der Waals surface area contributed by atoms with Crippen molar-refractivity contribution in [3.8, 4) is 0 Å². The van der Waals surface area contributed by atoms with Crippen LogP contribution in [0.15, 0.2) is 0 Å². The molecular weight excluding hydrogens is 435 g/mol. The maximum absolute atomic E-state index is 2.37. The fourth-order valence-electron chi connectivity index (χ4n) is 1.75. The molecule has 22 heavy (non-hydrogen) atoms. The van der Waals surface area contributed by atoms with Gasteiger partial charge in [-0.1, -0.05) is 46.0 Å². The maximum atomic E-state index is 2.37. The van der Waals surface area contributed by atoms with Crippen LogP contribution in [0.1, 0.15) is 0 Å². The van der Waals surface area contributed by atoms with Gasteiger partial charge in [0.1, 0.15) is 11.5 Å². The molecule has 0 saturated carbocycles. The topological polar surface area (TPSA) is 0 Å². The molecule has 0 spiro atoms. The van der Waals surface area contributed by atoms with Crippen LogP contribution in [0.3, 0.4) is 0 Å². The van der Waals surface area contributed by atoms with Crippen LogP contribution in [0.5, 0.6) is 0 Å². The van der Waals surface area contributed by atoms with Crippen LogP contribution in [-0.4, -0.2) is 71.6 Å². The summed E-state index contributed by atoms with van der Waals surface area (Å²) in [6.45, 7) is 4.70. The molecule has 0 bridgehead atoms. The first-order valence-electron chi connectivity index (χ1n) is 7.26. The molecule has 0 aliphatic carbocycles. The first kappa shape index (κ1) is 25.7. The van der Waals surface area contributed by atoms with Gasteiger partial charge in [0.05, 0.1) is 28.4 Å². The van der Waals surface area contributed by atoms with E-state index in [9.17, 15) is 0 Å². The quantitative estimate of drug-likeness (QED) is 0.252. The average Bonchev–Trinajstić information content (AvgIpc) is 2.53. The summed E-state index contributed by atoms with van der Waals surface area (Å²) in [6.07, 6.45) is 6.51. The van der Waals surface area contributed by atoms with Crippen LogP contribution >= 0.6 is 93.8 Å². The Balaban J connectivity index is 4.09. The van der Waals surface area contributed by atoms with Crippen molar-refractivity contribution in [2.45, 2.75) is 13.6 Å². The molecule has 0 nitrogen and oxygen atoms in total. The number of hydrogen-bond acceptors (Lipinski definition) is 9. The second-order valence-electron chi connectivity index (χ2n) is 4.62. The molecule has 0 aliphatic heterocycles. The van der Waals surface area contributed by atoms with E-state index in [0.29, 0.717) is 0 Å². The summed E-state index contributed by atoms with van der Waals surface area (Å²) in [5.74, 6) is 2.39. The van der Waals surface area contributed by atoms with E-state index < -0.39 is 0 Å². The maximum Gasteiger partial charge on any atom is 0.176 e. The summed E-state index contributed by atoms with van der Waals surface area (Å²) in [4.78, 5) is 0. The minimum absolute atomic E-state index is 0.777. The summed E-state index contributed by atoms with van der Waals surface area (Å²) in [5.41, 5.74) is 0. The Morgan fingerprint density at radius 1 is 0.727 bits per heavy atom. The lowest BCUT2D eigenvalue weighted by atomic mass is 8.90. The highest BCUT2D eigenvalue weighted by molar-refractivity contribution is 9.17. The number of hydrogen-bond donors (Lipinski definition) is 0. The second-order valence-corrected chi connectivity index (χ2v) is 18.4. The Kier molecular flexibility index (Phi) is 22.7. The van der Waals surface area contributed by atoms with Gasteiger partial charge in [0.15, 0.2) is 5.88 Å². The van der Waals surface area contributed by atoms with Crippen LogP contribution in [0.25, 0.3) is 0 Å².